The molecule has 0 aliphatic carbocycles. The summed E-state index contributed by atoms with van der Waals surface area (Å²) in [7, 11) is 2.13. The van der Waals surface area contributed by atoms with Gasteiger partial charge in [0.1, 0.15) is 5.84 Å². The second-order valence-electron chi connectivity index (χ2n) is 5.22. The number of fused-ring (bicyclic) bond motifs is 1. The van der Waals surface area contributed by atoms with Crippen LogP contribution in [0, 0.1) is 5.41 Å². The largest absolute Gasteiger partial charge is 0.384 e. The van der Waals surface area contributed by atoms with Crippen LogP contribution in [-0.4, -0.2) is 19.4 Å². The quantitative estimate of drug-likeness (QED) is 0.477. The smallest absolute Gasteiger partial charge is 0.123 e. The first kappa shape index (κ1) is 14.4. The maximum absolute atomic E-state index is 7.70. The van der Waals surface area contributed by atoms with E-state index in [1.54, 1.807) is 0 Å². The van der Waals surface area contributed by atoms with E-state index in [9.17, 15) is 0 Å². The molecule has 0 aromatic heterocycles. The first-order valence-electron chi connectivity index (χ1n) is 7.22. The molecule has 0 aliphatic heterocycles. The number of hydrogen-bond donors (Lipinski definition) is 2. The molecule has 0 radical (unpaired) electrons. The molecular weight excluding hydrogens is 246 g/mol. The highest BCUT2D eigenvalue weighted by Crippen LogP contribution is 2.29. The van der Waals surface area contributed by atoms with Crippen molar-refractivity contribution in [2.75, 3.05) is 18.5 Å². The number of hydrogen-bond acceptors (Lipinski definition) is 2. The monoisotopic (exact) mass is 269 g/mol. The zero-order valence-corrected chi connectivity index (χ0v) is 12.3. The van der Waals surface area contributed by atoms with Crippen molar-refractivity contribution in [3.8, 4) is 0 Å². The summed E-state index contributed by atoms with van der Waals surface area (Å²) in [6, 6.07) is 12.2. The van der Waals surface area contributed by atoms with Crippen LogP contribution >= 0.6 is 0 Å². The molecule has 106 valence electrons. The Hall–Kier alpha value is -2.03. The topological polar surface area (TPSA) is 53.1 Å². The lowest BCUT2D eigenvalue weighted by atomic mass is 10.0. The van der Waals surface area contributed by atoms with Crippen LogP contribution in [0.15, 0.2) is 36.4 Å². The number of nitrogens with zero attached hydrogens (tertiary/aromatic N) is 1. The van der Waals surface area contributed by atoms with Crippen molar-refractivity contribution in [1.82, 2.24) is 0 Å². The maximum Gasteiger partial charge on any atom is 0.123 e. The Morgan fingerprint density at radius 1 is 1.10 bits per heavy atom. The Kier molecular flexibility index (Phi) is 4.61. The average Bonchev–Trinajstić information content (AvgIpc) is 2.46. The van der Waals surface area contributed by atoms with Crippen molar-refractivity contribution in [2.24, 2.45) is 5.73 Å². The number of anilines is 1. The summed E-state index contributed by atoms with van der Waals surface area (Å²) in [5, 5.41) is 9.92. The van der Waals surface area contributed by atoms with Crippen LogP contribution in [0.5, 0.6) is 0 Å². The molecule has 0 fully saturated rings. The van der Waals surface area contributed by atoms with Gasteiger partial charge in [-0.25, -0.2) is 0 Å². The second kappa shape index (κ2) is 6.42. The number of nitrogens with one attached hydrogen (secondary N) is 1. The highest BCUT2D eigenvalue weighted by Gasteiger charge is 2.10. The molecule has 0 saturated carbocycles. The van der Waals surface area contributed by atoms with Crippen LogP contribution in [0.2, 0.25) is 0 Å². The average molecular weight is 269 g/mol. The number of nitrogens with two attached hydrogens (primary N) is 1. The minimum absolute atomic E-state index is 0.126. The Morgan fingerprint density at radius 3 is 2.45 bits per heavy atom. The van der Waals surface area contributed by atoms with E-state index in [0.29, 0.717) is 0 Å². The standard InChI is InChI=1S/C17H23N3/c1-3-4-7-12-20(2)16-11-10-15(17(18)19)13-8-5-6-9-14(13)16/h5-6,8-11H,3-4,7,12H2,1-2H3,(H3,18,19). The van der Waals surface area contributed by atoms with Gasteiger partial charge >= 0.3 is 0 Å². The van der Waals surface area contributed by atoms with Crippen molar-refractivity contribution >= 4 is 22.3 Å². The third-order valence-corrected chi connectivity index (χ3v) is 3.70. The SMILES string of the molecule is CCCCCN(C)c1ccc(C(=N)N)c2ccccc12. The van der Waals surface area contributed by atoms with Gasteiger partial charge in [-0.05, 0) is 23.9 Å². The first-order chi connectivity index (χ1) is 9.65. The number of rotatable bonds is 6. The minimum atomic E-state index is 0.126. The zero-order chi connectivity index (χ0) is 14.5. The van der Waals surface area contributed by atoms with Gasteiger partial charge in [-0.2, -0.15) is 0 Å². The Balaban J connectivity index is 2.40. The number of benzene rings is 2. The fraction of sp³-hybridized carbons (Fsp3) is 0.353. The van der Waals surface area contributed by atoms with E-state index in [-0.39, 0.29) is 5.84 Å². The number of nitrogen functional groups attached to an aromatic ring is 1. The fourth-order valence-corrected chi connectivity index (χ4v) is 2.57. The molecule has 2 aromatic rings. The highest BCUT2D eigenvalue weighted by molar-refractivity contribution is 6.10. The molecule has 0 amide bonds. The number of amidine groups is 1. The van der Waals surface area contributed by atoms with E-state index in [2.05, 4.69) is 31.0 Å². The molecule has 3 N–H and O–H groups in total. The van der Waals surface area contributed by atoms with Gasteiger partial charge in [-0.15, -0.1) is 0 Å². The molecule has 0 atom stereocenters. The van der Waals surface area contributed by atoms with Crippen molar-refractivity contribution < 1.29 is 0 Å². The van der Waals surface area contributed by atoms with Crippen LogP contribution in [0.1, 0.15) is 31.7 Å². The zero-order valence-electron chi connectivity index (χ0n) is 12.3. The van der Waals surface area contributed by atoms with Crippen LogP contribution in [-0.2, 0) is 0 Å². The molecule has 0 saturated heterocycles. The van der Waals surface area contributed by atoms with Gasteiger partial charge in [0, 0.05) is 30.2 Å². The third-order valence-electron chi connectivity index (χ3n) is 3.70. The summed E-state index contributed by atoms with van der Waals surface area (Å²) >= 11 is 0. The Bertz CT molecular complexity index is 604. The third kappa shape index (κ3) is 2.93. The molecule has 0 spiro atoms. The van der Waals surface area contributed by atoms with Crippen molar-refractivity contribution in [3.05, 3.63) is 42.0 Å². The molecule has 2 rings (SSSR count). The van der Waals surface area contributed by atoms with Crippen LogP contribution in [0.4, 0.5) is 5.69 Å². The molecule has 0 aliphatic rings. The molecule has 2 aromatic carbocycles. The predicted molar refractivity (Wildman–Crippen MR) is 87.8 cm³/mol. The van der Waals surface area contributed by atoms with Crippen molar-refractivity contribution in [2.45, 2.75) is 26.2 Å². The van der Waals surface area contributed by atoms with Gasteiger partial charge < -0.3 is 10.6 Å². The lowest BCUT2D eigenvalue weighted by molar-refractivity contribution is 0.706. The van der Waals surface area contributed by atoms with Gasteiger partial charge in [0.05, 0.1) is 0 Å². The van der Waals surface area contributed by atoms with E-state index in [0.717, 1.165) is 17.5 Å². The normalized spacial score (nSPS) is 10.7. The molecule has 3 heteroatoms. The summed E-state index contributed by atoms with van der Waals surface area (Å²) in [4.78, 5) is 2.29. The molecule has 0 bridgehead atoms. The molecule has 20 heavy (non-hydrogen) atoms. The predicted octanol–water partition coefficient (Wildman–Crippen LogP) is 3.75. The summed E-state index contributed by atoms with van der Waals surface area (Å²) in [5.41, 5.74) is 7.70. The summed E-state index contributed by atoms with van der Waals surface area (Å²) in [5.74, 6) is 0.126. The van der Waals surface area contributed by atoms with E-state index < -0.39 is 0 Å². The van der Waals surface area contributed by atoms with E-state index in [1.165, 1.54) is 30.3 Å². The molecule has 3 nitrogen and oxygen atoms in total. The maximum atomic E-state index is 7.70. The lowest BCUT2D eigenvalue weighted by Gasteiger charge is -2.22. The first-order valence-corrected chi connectivity index (χ1v) is 7.22. The molecule has 0 heterocycles. The minimum Gasteiger partial charge on any atom is -0.384 e. The van der Waals surface area contributed by atoms with Crippen molar-refractivity contribution in [3.63, 3.8) is 0 Å². The van der Waals surface area contributed by atoms with Crippen molar-refractivity contribution in [1.29, 1.82) is 5.41 Å². The van der Waals surface area contributed by atoms with Gasteiger partial charge in [0.15, 0.2) is 0 Å². The van der Waals surface area contributed by atoms with E-state index >= 15 is 0 Å². The van der Waals surface area contributed by atoms with Crippen LogP contribution in [0.3, 0.4) is 0 Å². The highest BCUT2D eigenvalue weighted by atomic mass is 15.1. The van der Waals surface area contributed by atoms with Crippen LogP contribution < -0.4 is 10.6 Å². The fourth-order valence-electron chi connectivity index (χ4n) is 2.57. The summed E-state index contributed by atoms with van der Waals surface area (Å²) in [6.45, 7) is 3.27. The summed E-state index contributed by atoms with van der Waals surface area (Å²) < 4.78 is 0. The van der Waals surface area contributed by atoms with Gasteiger partial charge in [0.2, 0.25) is 0 Å². The van der Waals surface area contributed by atoms with E-state index in [4.69, 9.17) is 11.1 Å². The van der Waals surface area contributed by atoms with Gasteiger partial charge in [0.25, 0.3) is 0 Å². The van der Waals surface area contributed by atoms with Gasteiger partial charge in [-0.1, -0.05) is 44.0 Å². The van der Waals surface area contributed by atoms with E-state index in [1.807, 2.05) is 24.3 Å². The Labute approximate surface area is 120 Å². The van der Waals surface area contributed by atoms with Gasteiger partial charge in [-0.3, -0.25) is 5.41 Å². The molecule has 0 unspecified atom stereocenters. The number of unbranched alkanes of at least 4 members (excludes halogenated alkanes) is 2. The second-order valence-corrected chi connectivity index (χ2v) is 5.22. The Morgan fingerprint density at radius 2 is 1.80 bits per heavy atom. The lowest BCUT2D eigenvalue weighted by Crippen LogP contribution is -2.19. The summed E-state index contributed by atoms with van der Waals surface area (Å²) in [6.07, 6.45) is 3.70. The van der Waals surface area contributed by atoms with Crippen LogP contribution in [0.25, 0.3) is 10.8 Å². The molecular formula is C17H23N3.